The third-order valence-electron chi connectivity index (χ3n) is 6.45. The Bertz CT molecular complexity index is 852. The second kappa shape index (κ2) is 8.25. The lowest BCUT2D eigenvalue weighted by atomic mass is 9.69. The molecule has 4 atom stereocenters. The van der Waals surface area contributed by atoms with Crippen molar-refractivity contribution >= 4 is 11.5 Å². The normalized spacial score (nSPS) is 26.0. The molecular weight excluding hydrogens is 371 g/mol. The zero-order valence-electron chi connectivity index (χ0n) is 16.9. The summed E-state index contributed by atoms with van der Waals surface area (Å²) in [6, 6.07) is 6.48. The SMILES string of the molecule is C=C1CC2(C(C)C)CC1C(c1ccc(F)cc1)=C2/C=C/C(O)CC(O)CC(=O)O. The first-order chi connectivity index (χ1) is 13.6. The summed E-state index contributed by atoms with van der Waals surface area (Å²) in [5.74, 6) is -0.816. The molecule has 3 rings (SSSR count). The van der Waals surface area contributed by atoms with E-state index < -0.39 is 24.6 Å². The van der Waals surface area contributed by atoms with Gasteiger partial charge in [-0.25, -0.2) is 4.39 Å². The monoisotopic (exact) mass is 400 g/mol. The van der Waals surface area contributed by atoms with Crippen LogP contribution in [0.3, 0.4) is 0 Å². The van der Waals surface area contributed by atoms with Crippen molar-refractivity contribution in [1.29, 1.82) is 0 Å². The van der Waals surface area contributed by atoms with E-state index in [1.54, 1.807) is 18.2 Å². The van der Waals surface area contributed by atoms with Gasteiger partial charge in [0, 0.05) is 17.8 Å². The van der Waals surface area contributed by atoms with Crippen LogP contribution in [0.15, 0.2) is 54.1 Å². The van der Waals surface area contributed by atoms with Crippen LogP contribution in [0, 0.1) is 23.1 Å². The number of carboxylic acids is 1. The maximum Gasteiger partial charge on any atom is 0.305 e. The largest absolute Gasteiger partial charge is 0.481 e. The van der Waals surface area contributed by atoms with Gasteiger partial charge in [0.15, 0.2) is 0 Å². The van der Waals surface area contributed by atoms with Gasteiger partial charge in [0.25, 0.3) is 0 Å². The van der Waals surface area contributed by atoms with Crippen LogP contribution in [0.5, 0.6) is 0 Å². The minimum atomic E-state index is -1.10. The Kier molecular flexibility index (Phi) is 6.11. The van der Waals surface area contributed by atoms with Gasteiger partial charge in [0.05, 0.1) is 18.6 Å². The van der Waals surface area contributed by atoms with Gasteiger partial charge >= 0.3 is 5.97 Å². The molecule has 4 nitrogen and oxygen atoms in total. The molecule has 3 N–H and O–H groups in total. The van der Waals surface area contributed by atoms with Gasteiger partial charge in [0.1, 0.15) is 5.82 Å². The van der Waals surface area contributed by atoms with Crippen LogP contribution in [0.2, 0.25) is 0 Å². The Morgan fingerprint density at radius 1 is 1.31 bits per heavy atom. The first kappa shape index (κ1) is 21.5. The van der Waals surface area contributed by atoms with Crippen LogP contribution in [0.4, 0.5) is 4.39 Å². The smallest absolute Gasteiger partial charge is 0.305 e. The van der Waals surface area contributed by atoms with Gasteiger partial charge in [-0.15, -0.1) is 0 Å². The number of halogens is 1. The molecule has 5 heteroatoms. The fourth-order valence-corrected chi connectivity index (χ4v) is 4.92. The molecule has 2 aliphatic carbocycles. The molecule has 2 bridgehead atoms. The number of carbonyl (C=O) groups is 1. The highest BCUT2D eigenvalue weighted by Crippen LogP contribution is 2.65. The average molecular weight is 400 g/mol. The number of aliphatic hydroxyl groups is 2. The molecule has 0 radical (unpaired) electrons. The number of allylic oxidation sites excluding steroid dienone is 4. The molecule has 0 saturated heterocycles. The molecule has 4 unspecified atom stereocenters. The number of aliphatic hydroxyl groups excluding tert-OH is 2. The summed E-state index contributed by atoms with van der Waals surface area (Å²) in [5.41, 5.74) is 4.32. The number of fused-ring (bicyclic) bond motifs is 2. The van der Waals surface area contributed by atoms with E-state index in [0.717, 1.165) is 29.6 Å². The number of benzene rings is 1. The quantitative estimate of drug-likeness (QED) is 0.567. The zero-order chi connectivity index (χ0) is 21.3. The van der Waals surface area contributed by atoms with E-state index in [4.69, 9.17) is 5.11 Å². The summed E-state index contributed by atoms with van der Waals surface area (Å²) in [4.78, 5) is 10.7. The van der Waals surface area contributed by atoms with Gasteiger partial charge in [-0.2, -0.15) is 0 Å². The Morgan fingerprint density at radius 2 is 1.97 bits per heavy atom. The standard InChI is InChI=1S/C24H29FO4/c1-14(2)24-12-15(3)20(13-24)23(16-4-6-17(25)7-5-16)21(24)9-8-18(26)10-19(27)11-22(28)29/h4-9,14,18-20,26-27H,3,10-13H2,1-2H3,(H,28,29)/b9-8+. The van der Waals surface area contributed by atoms with Gasteiger partial charge in [0.2, 0.25) is 0 Å². The molecule has 0 spiro atoms. The van der Waals surface area contributed by atoms with Crippen LogP contribution in [-0.4, -0.2) is 33.5 Å². The molecule has 0 aromatic heterocycles. The topological polar surface area (TPSA) is 77.8 Å². The zero-order valence-corrected chi connectivity index (χ0v) is 16.9. The van der Waals surface area contributed by atoms with Crippen molar-refractivity contribution in [3.63, 3.8) is 0 Å². The van der Waals surface area contributed by atoms with Crippen molar-refractivity contribution in [3.8, 4) is 0 Å². The molecule has 0 amide bonds. The van der Waals surface area contributed by atoms with Crippen LogP contribution >= 0.6 is 0 Å². The van der Waals surface area contributed by atoms with Crippen molar-refractivity contribution in [2.24, 2.45) is 17.3 Å². The molecule has 0 heterocycles. The van der Waals surface area contributed by atoms with Crippen molar-refractivity contribution < 1.29 is 24.5 Å². The first-order valence-corrected chi connectivity index (χ1v) is 10.1. The van der Waals surface area contributed by atoms with Crippen molar-refractivity contribution in [2.45, 2.75) is 51.7 Å². The summed E-state index contributed by atoms with van der Waals surface area (Å²) in [7, 11) is 0. The number of carboxylic acid groups (broad SMARTS) is 1. The minimum absolute atomic E-state index is 0.0349. The second-order valence-corrected chi connectivity index (χ2v) is 8.65. The van der Waals surface area contributed by atoms with E-state index in [-0.39, 0.29) is 23.6 Å². The first-order valence-electron chi connectivity index (χ1n) is 10.1. The highest BCUT2D eigenvalue weighted by Gasteiger charge is 2.53. The van der Waals surface area contributed by atoms with Crippen molar-refractivity contribution in [1.82, 2.24) is 0 Å². The molecule has 2 aliphatic rings. The lowest BCUT2D eigenvalue weighted by Crippen LogP contribution is -2.25. The van der Waals surface area contributed by atoms with E-state index in [2.05, 4.69) is 20.4 Å². The Balaban J connectivity index is 1.96. The number of rotatable bonds is 8. The lowest BCUT2D eigenvalue weighted by molar-refractivity contribution is -0.139. The van der Waals surface area contributed by atoms with E-state index in [9.17, 15) is 19.4 Å². The van der Waals surface area contributed by atoms with Gasteiger partial charge in [-0.3, -0.25) is 4.79 Å². The average Bonchev–Trinajstić information content (AvgIpc) is 3.13. The Hall–Kier alpha value is -2.24. The highest BCUT2D eigenvalue weighted by atomic mass is 19.1. The third-order valence-corrected chi connectivity index (χ3v) is 6.45. The second-order valence-electron chi connectivity index (χ2n) is 8.65. The number of hydrogen-bond donors (Lipinski definition) is 3. The maximum absolute atomic E-state index is 13.5. The van der Waals surface area contributed by atoms with E-state index in [1.165, 1.54) is 17.7 Å². The van der Waals surface area contributed by atoms with Gasteiger partial charge in [-0.1, -0.05) is 50.3 Å². The Labute approximate surface area is 171 Å². The molecule has 156 valence electrons. The van der Waals surface area contributed by atoms with Crippen molar-refractivity contribution in [3.05, 3.63) is 65.5 Å². The highest BCUT2D eigenvalue weighted by molar-refractivity contribution is 5.80. The lowest BCUT2D eigenvalue weighted by Gasteiger charge is -2.35. The number of aliphatic carboxylic acids is 1. The van der Waals surface area contributed by atoms with Gasteiger partial charge in [-0.05, 0) is 47.6 Å². The molecule has 0 aliphatic heterocycles. The van der Waals surface area contributed by atoms with E-state index in [1.807, 2.05) is 6.08 Å². The van der Waals surface area contributed by atoms with Gasteiger partial charge < -0.3 is 15.3 Å². The molecule has 1 aromatic carbocycles. The van der Waals surface area contributed by atoms with Crippen LogP contribution in [0.25, 0.3) is 5.57 Å². The molecule has 1 fully saturated rings. The fraction of sp³-hybridized carbons (Fsp3) is 0.458. The third kappa shape index (κ3) is 4.21. The summed E-state index contributed by atoms with van der Waals surface area (Å²) < 4.78 is 13.5. The predicted molar refractivity (Wildman–Crippen MR) is 110 cm³/mol. The van der Waals surface area contributed by atoms with E-state index in [0.29, 0.717) is 5.92 Å². The molecular formula is C24H29FO4. The summed E-state index contributed by atoms with van der Waals surface area (Å²) in [5, 5.41) is 28.9. The van der Waals surface area contributed by atoms with E-state index >= 15 is 0 Å². The van der Waals surface area contributed by atoms with Crippen LogP contribution in [-0.2, 0) is 4.79 Å². The fourth-order valence-electron chi connectivity index (χ4n) is 4.92. The molecule has 29 heavy (non-hydrogen) atoms. The summed E-state index contributed by atoms with van der Waals surface area (Å²) in [6.45, 7) is 8.65. The molecule has 1 aromatic rings. The van der Waals surface area contributed by atoms with Crippen LogP contribution in [0.1, 0.15) is 45.1 Å². The maximum atomic E-state index is 13.5. The minimum Gasteiger partial charge on any atom is -0.481 e. The number of hydrogen-bond acceptors (Lipinski definition) is 3. The van der Waals surface area contributed by atoms with Crippen LogP contribution < -0.4 is 0 Å². The summed E-state index contributed by atoms with van der Waals surface area (Å²) in [6.07, 6.45) is 2.92. The Morgan fingerprint density at radius 3 is 2.55 bits per heavy atom. The summed E-state index contributed by atoms with van der Waals surface area (Å²) >= 11 is 0. The predicted octanol–water partition coefficient (Wildman–Crippen LogP) is 4.34. The van der Waals surface area contributed by atoms with Crippen molar-refractivity contribution in [2.75, 3.05) is 0 Å². The molecule has 1 saturated carbocycles.